The minimum absolute atomic E-state index is 0.0290. The molecule has 0 aromatic heterocycles. The van der Waals surface area contributed by atoms with Crippen LogP contribution >= 0.6 is 0 Å². The Morgan fingerprint density at radius 3 is 1.09 bits per heavy atom. The van der Waals surface area contributed by atoms with Crippen molar-refractivity contribution in [2.75, 3.05) is 53.1 Å². The number of hydrogen-bond acceptors (Lipinski definition) is 13. The number of rotatable bonds is 56. The minimum atomic E-state index is -0.998. The van der Waals surface area contributed by atoms with Crippen molar-refractivity contribution in [2.45, 2.75) is 303 Å². The van der Waals surface area contributed by atoms with Crippen molar-refractivity contribution < 1.29 is 57.2 Å². The lowest BCUT2D eigenvalue weighted by atomic mass is 10.0. The van der Waals surface area contributed by atoms with Gasteiger partial charge in [-0.25, -0.2) is 4.79 Å². The summed E-state index contributed by atoms with van der Waals surface area (Å²) in [5.41, 5.74) is 0. The molecule has 0 aliphatic carbocycles. The lowest BCUT2D eigenvalue weighted by Gasteiger charge is -2.21. The van der Waals surface area contributed by atoms with Gasteiger partial charge in [-0.1, -0.05) is 201 Å². The van der Waals surface area contributed by atoms with E-state index in [0.29, 0.717) is 58.4 Å². The first-order valence-corrected chi connectivity index (χ1v) is 31.0. The van der Waals surface area contributed by atoms with Crippen LogP contribution in [0.5, 0.6) is 0 Å². The van der Waals surface area contributed by atoms with Crippen molar-refractivity contribution in [3.05, 3.63) is 0 Å². The fraction of sp³-hybridized carbons (Fsp3) is 0.902. The van der Waals surface area contributed by atoms with Gasteiger partial charge in [-0.2, -0.15) is 0 Å². The smallest absolute Gasteiger partial charge is 0.407 e. The van der Waals surface area contributed by atoms with E-state index >= 15 is 0 Å². The van der Waals surface area contributed by atoms with Gasteiger partial charge in [-0.3, -0.25) is 24.0 Å². The highest BCUT2D eigenvalue weighted by molar-refractivity contribution is 5.72. The first kappa shape index (κ1) is 71.6. The fourth-order valence-corrected chi connectivity index (χ4v) is 8.75. The fourth-order valence-electron chi connectivity index (χ4n) is 8.75. The van der Waals surface area contributed by atoms with Gasteiger partial charge in [0.05, 0.1) is 13.2 Å². The van der Waals surface area contributed by atoms with Crippen LogP contribution in [-0.4, -0.2) is 106 Å². The maximum atomic E-state index is 13.3. The molecule has 0 saturated carbocycles. The van der Waals surface area contributed by atoms with Crippen molar-refractivity contribution in [3.8, 4) is 0 Å². The molecule has 1 atom stereocenters. The molecule has 0 fully saturated rings. The number of hydrogen-bond donors (Lipinski definition) is 1. The third-order valence-electron chi connectivity index (χ3n) is 13.8. The van der Waals surface area contributed by atoms with E-state index in [9.17, 15) is 28.8 Å². The Morgan fingerprint density at radius 1 is 0.360 bits per heavy atom. The van der Waals surface area contributed by atoms with Crippen molar-refractivity contribution >= 4 is 35.9 Å². The van der Waals surface area contributed by atoms with Gasteiger partial charge in [0.2, 0.25) is 0 Å². The lowest BCUT2D eigenvalue weighted by Crippen LogP contribution is -2.35. The number of amides is 1. The molecule has 14 heteroatoms. The summed E-state index contributed by atoms with van der Waals surface area (Å²) in [6, 6.07) is 0. The Morgan fingerprint density at radius 2 is 0.707 bits per heavy atom. The van der Waals surface area contributed by atoms with E-state index in [1.165, 1.54) is 96.3 Å². The summed E-state index contributed by atoms with van der Waals surface area (Å²) in [6.45, 7) is 11.2. The molecule has 0 rings (SSSR count). The van der Waals surface area contributed by atoms with Gasteiger partial charge in [-0.05, 0) is 71.4 Å². The van der Waals surface area contributed by atoms with E-state index in [0.717, 1.165) is 116 Å². The van der Waals surface area contributed by atoms with Gasteiger partial charge in [0.25, 0.3) is 0 Å². The molecule has 0 aliphatic rings. The van der Waals surface area contributed by atoms with Crippen LogP contribution in [0.15, 0.2) is 0 Å². The predicted molar refractivity (Wildman–Crippen MR) is 301 cm³/mol. The second-order valence-electron chi connectivity index (χ2n) is 21.1. The Kier molecular flexibility index (Phi) is 52.8. The molecule has 0 spiro atoms. The predicted octanol–water partition coefficient (Wildman–Crippen LogP) is 15.2. The van der Waals surface area contributed by atoms with Crippen molar-refractivity contribution in [3.63, 3.8) is 0 Å². The van der Waals surface area contributed by atoms with E-state index in [-0.39, 0.29) is 50.8 Å². The molecule has 440 valence electrons. The van der Waals surface area contributed by atoms with Crippen molar-refractivity contribution in [1.29, 1.82) is 0 Å². The molecule has 0 saturated heterocycles. The zero-order valence-electron chi connectivity index (χ0n) is 48.9. The van der Waals surface area contributed by atoms with Gasteiger partial charge in [0.15, 0.2) is 6.10 Å². The number of nitrogens with one attached hydrogen (secondary N) is 1. The lowest BCUT2D eigenvalue weighted by molar-refractivity contribution is -0.167. The maximum Gasteiger partial charge on any atom is 0.407 e. The number of carbonyl (C=O) groups is 6. The second-order valence-corrected chi connectivity index (χ2v) is 21.1. The molecular formula is C61H114N2O12. The van der Waals surface area contributed by atoms with Crippen LogP contribution in [0.1, 0.15) is 291 Å². The van der Waals surface area contributed by atoms with E-state index < -0.39 is 36.2 Å². The van der Waals surface area contributed by atoms with Gasteiger partial charge >= 0.3 is 35.9 Å². The second kappa shape index (κ2) is 55.3. The van der Waals surface area contributed by atoms with Crippen LogP contribution < -0.4 is 5.32 Å². The van der Waals surface area contributed by atoms with Crippen molar-refractivity contribution in [1.82, 2.24) is 10.2 Å². The van der Waals surface area contributed by atoms with Crippen LogP contribution in [0.3, 0.4) is 0 Å². The first-order valence-electron chi connectivity index (χ1n) is 31.0. The van der Waals surface area contributed by atoms with Crippen LogP contribution in [0, 0.1) is 0 Å². The molecule has 0 aliphatic heterocycles. The SMILES string of the molecule is CCCCCCCCCCCOC(=O)CCCCCCCC(=O)OCC(COC(=O)CCCCCCCC(=O)OCCCCCCCCCCC)OC(=O)CCC(CCCCCCCC)OC(=O)NCCN(C)CC. The molecule has 0 aromatic rings. The molecule has 1 unspecified atom stereocenters. The number of likely N-dealkylation sites (N-methyl/N-ethyl adjacent to an activating group) is 1. The summed E-state index contributed by atoms with van der Waals surface area (Å²) in [4.78, 5) is 78.1. The highest BCUT2D eigenvalue weighted by atomic mass is 16.6. The third kappa shape index (κ3) is 52.4. The largest absolute Gasteiger partial charge is 0.466 e. The summed E-state index contributed by atoms with van der Waals surface area (Å²) >= 11 is 0. The molecule has 75 heavy (non-hydrogen) atoms. The molecular weight excluding hydrogens is 953 g/mol. The zero-order chi connectivity index (χ0) is 55.1. The van der Waals surface area contributed by atoms with Crippen LogP contribution in [0.25, 0.3) is 0 Å². The molecule has 14 nitrogen and oxygen atoms in total. The van der Waals surface area contributed by atoms with Gasteiger partial charge in [-0.15, -0.1) is 0 Å². The number of unbranched alkanes of at least 4 members (excludes halogenated alkanes) is 29. The normalized spacial score (nSPS) is 11.7. The number of esters is 5. The minimum Gasteiger partial charge on any atom is -0.466 e. The molecule has 0 bridgehead atoms. The molecule has 0 radical (unpaired) electrons. The summed E-state index contributed by atoms with van der Waals surface area (Å²) in [7, 11) is 1.98. The van der Waals surface area contributed by atoms with Gasteiger partial charge in [0.1, 0.15) is 19.3 Å². The highest BCUT2D eigenvalue weighted by Gasteiger charge is 2.22. The molecule has 0 aromatic carbocycles. The van der Waals surface area contributed by atoms with E-state index in [2.05, 4.69) is 31.0 Å². The molecule has 1 N–H and O–H groups in total. The van der Waals surface area contributed by atoms with Crippen molar-refractivity contribution in [2.24, 2.45) is 0 Å². The third-order valence-corrected chi connectivity index (χ3v) is 13.8. The number of alkyl carbamates (subject to hydrolysis) is 1. The average Bonchev–Trinajstić information content (AvgIpc) is 3.39. The topological polar surface area (TPSA) is 173 Å². The van der Waals surface area contributed by atoms with E-state index in [1.807, 2.05) is 14.0 Å². The van der Waals surface area contributed by atoms with Gasteiger partial charge < -0.3 is 38.6 Å². The number of nitrogens with zero attached hydrogens (tertiary/aromatic N) is 1. The number of ether oxygens (including phenoxy) is 6. The Hall–Kier alpha value is -3.42. The monoisotopic (exact) mass is 1070 g/mol. The average molecular weight is 1070 g/mol. The first-order chi connectivity index (χ1) is 36.5. The Labute approximate surface area is 458 Å². The zero-order valence-corrected chi connectivity index (χ0v) is 48.9. The summed E-state index contributed by atoms with van der Waals surface area (Å²) in [5.74, 6) is -1.71. The van der Waals surface area contributed by atoms with Gasteiger partial charge in [0, 0.05) is 45.2 Å². The summed E-state index contributed by atoms with van der Waals surface area (Å²) in [5, 5.41) is 2.82. The van der Waals surface area contributed by atoms with E-state index in [1.54, 1.807) is 0 Å². The quantitative estimate of drug-likeness (QED) is 0.0347. The Bertz CT molecular complexity index is 1300. The highest BCUT2D eigenvalue weighted by Crippen LogP contribution is 2.17. The van der Waals surface area contributed by atoms with Crippen LogP contribution in [-0.2, 0) is 52.4 Å². The standard InChI is InChI=1S/C61H114N2O12/c1-6-10-13-16-19-21-23-32-39-50-70-56(64)42-35-28-25-30-37-44-58(66)72-52-55(74-60(68)47-46-54(41-34-27-18-15-12-8-3)75-61(69)62-48-49-63(5)9-4)53-73-59(67)45-38-31-26-29-36-43-57(65)71-51-40-33-24-22-20-17-14-11-7-2/h54-55H,6-53H2,1-5H3,(H,62,69). The number of carbonyl (C=O) groups excluding carboxylic acids is 6. The van der Waals surface area contributed by atoms with Crippen LogP contribution in [0.2, 0.25) is 0 Å². The van der Waals surface area contributed by atoms with E-state index in [4.69, 9.17) is 28.4 Å². The van der Waals surface area contributed by atoms with Crippen LogP contribution in [0.4, 0.5) is 4.79 Å². The maximum absolute atomic E-state index is 13.3. The summed E-state index contributed by atoms with van der Waals surface area (Å²) < 4.78 is 33.5. The Balaban J connectivity index is 4.90. The summed E-state index contributed by atoms with van der Waals surface area (Å²) in [6.07, 6.45) is 36.4. The molecule has 0 heterocycles. The molecule has 1 amide bonds.